The van der Waals surface area contributed by atoms with Crippen molar-refractivity contribution in [3.63, 3.8) is 0 Å². The van der Waals surface area contributed by atoms with E-state index in [1.54, 1.807) is 0 Å². The largest absolute Gasteiger partial charge is 0.480 e. The second-order valence-electron chi connectivity index (χ2n) is 3.02. The Hall–Kier alpha value is -1.14. The van der Waals surface area contributed by atoms with Crippen molar-refractivity contribution in [2.24, 2.45) is 0 Å². The molecule has 0 aliphatic rings. The maximum Gasteiger partial charge on any atom is 0.326 e. The Bertz CT molecular complexity index is 204. The number of aliphatic hydroxyl groups excluding tert-OH is 2. The Morgan fingerprint density at radius 1 is 1.43 bits per heavy atom. The van der Waals surface area contributed by atoms with E-state index in [1.165, 1.54) is 6.92 Å². The smallest absolute Gasteiger partial charge is 0.326 e. The van der Waals surface area contributed by atoms with E-state index in [0.717, 1.165) is 0 Å². The molecule has 14 heavy (non-hydrogen) atoms. The monoisotopic (exact) mass is 205 g/mol. The van der Waals surface area contributed by atoms with Crippen molar-refractivity contribution in [1.82, 2.24) is 5.32 Å². The molecule has 0 aromatic carbocycles. The lowest BCUT2D eigenvalue weighted by molar-refractivity contribution is -0.142. The first-order valence-electron chi connectivity index (χ1n) is 4.28. The molecule has 0 rings (SSSR count). The number of hydrogen-bond acceptors (Lipinski definition) is 4. The van der Waals surface area contributed by atoms with Crippen LogP contribution in [0, 0.1) is 0 Å². The molecule has 1 unspecified atom stereocenters. The molecule has 0 radical (unpaired) electrons. The third kappa shape index (κ3) is 5.50. The molecular weight excluding hydrogens is 190 g/mol. The standard InChI is InChI=1S/C8H15NO5/c1-5(11)4-7(12)9-6(2-3-10)8(13)14/h5-6,10-11H,2-4H2,1H3,(H,9,12)(H,13,14)/t5?,6-/m0/s1. The number of amides is 1. The van der Waals surface area contributed by atoms with E-state index in [9.17, 15) is 9.59 Å². The second-order valence-corrected chi connectivity index (χ2v) is 3.02. The van der Waals surface area contributed by atoms with E-state index in [0.29, 0.717) is 0 Å². The predicted octanol–water partition coefficient (Wildman–Crippen LogP) is -1.29. The molecule has 0 spiro atoms. The van der Waals surface area contributed by atoms with Gasteiger partial charge in [0.05, 0.1) is 12.5 Å². The molecule has 0 bridgehead atoms. The highest BCUT2D eigenvalue weighted by Gasteiger charge is 2.19. The molecule has 0 aliphatic heterocycles. The van der Waals surface area contributed by atoms with Gasteiger partial charge < -0.3 is 20.6 Å². The van der Waals surface area contributed by atoms with Gasteiger partial charge in [-0.05, 0) is 6.92 Å². The van der Waals surface area contributed by atoms with Gasteiger partial charge in [0.1, 0.15) is 6.04 Å². The molecule has 0 aromatic rings. The molecule has 1 amide bonds. The molecule has 0 fully saturated rings. The van der Waals surface area contributed by atoms with Gasteiger partial charge in [0.15, 0.2) is 0 Å². The van der Waals surface area contributed by atoms with Crippen LogP contribution in [0.3, 0.4) is 0 Å². The molecule has 4 N–H and O–H groups in total. The van der Waals surface area contributed by atoms with E-state index in [-0.39, 0.29) is 19.4 Å². The van der Waals surface area contributed by atoms with Crippen molar-refractivity contribution >= 4 is 11.9 Å². The average Bonchev–Trinajstić information content (AvgIpc) is 2.01. The normalized spacial score (nSPS) is 14.5. The van der Waals surface area contributed by atoms with Crippen molar-refractivity contribution in [1.29, 1.82) is 0 Å². The van der Waals surface area contributed by atoms with Gasteiger partial charge in [-0.2, -0.15) is 0 Å². The summed E-state index contributed by atoms with van der Waals surface area (Å²) in [5, 5.41) is 28.2. The Morgan fingerprint density at radius 3 is 2.36 bits per heavy atom. The number of aliphatic hydroxyl groups is 2. The Labute approximate surface area is 81.5 Å². The highest BCUT2D eigenvalue weighted by atomic mass is 16.4. The number of nitrogens with one attached hydrogen (secondary N) is 1. The minimum atomic E-state index is -1.20. The van der Waals surface area contributed by atoms with Gasteiger partial charge in [-0.15, -0.1) is 0 Å². The van der Waals surface area contributed by atoms with Crippen LogP contribution < -0.4 is 5.32 Å². The van der Waals surface area contributed by atoms with Crippen LogP contribution in [0.5, 0.6) is 0 Å². The van der Waals surface area contributed by atoms with E-state index < -0.39 is 24.0 Å². The highest BCUT2D eigenvalue weighted by molar-refractivity contribution is 5.83. The summed E-state index contributed by atoms with van der Waals surface area (Å²) in [6.45, 7) is 1.12. The number of aliphatic carboxylic acids is 1. The first-order chi connectivity index (χ1) is 6.47. The zero-order chi connectivity index (χ0) is 11.1. The van der Waals surface area contributed by atoms with Crippen LogP contribution in [0.4, 0.5) is 0 Å². The third-order valence-corrected chi connectivity index (χ3v) is 1.53. The van der Waals surface area contributed by atoms with Crippen LogP contribution >= 0.6 is 0 Å². The molecular formula is C8H15NO5. The van der Waals surface area contributed by atoms with Gasteiger partial charge >= 0.3 is 5.97 Å². The van der Waals surface area contributed by atoms with Crippen molar-refractivity contribution < 1.29 is 24.9 Å². The number of carboxylic acid groups (broad SMARTS) is 1. The van der Waals surface area contributed by atoms with E-state index >= 15 is 0 Å². The number of carboxylic acids is 1. The Kier molecular flexibility index (Phi) is 5.82. The lowest BCUT2D eigenvalue weighted by Gasteiger charge is -2.13. The number of carbonyl (C=O) groups excluding carboxylic acids is 1. The molecule has 2 atom stereocenters. The lowest BCUT2D eigenvalue weighted by Crippen LogP contribution is -2.42. The van der Waals surface area contributed by atoms with Gasteiger partial charge in [-0.25, -0.2) is 4.79 Å². The molecule has 0 heterocycles. The molecule has 0 aromatic heterocycles. The fraction of sp³-hybridized carbons (Fsp3) is 0.750. The molecule has 82 valence electrons. The summed E-state index contributed by atoms with van der Waals surface area (Å²) in [4.78, 5) is 21.5. The zero-order valence-corrected chi connectivity index (χ0v) is 7.93. The van der Waals surface area contributed by atoms with Crippen molar-refractivity contribution in [2.45, 2.75) is 31.9 Å². The number of carbonyl (C=O) groups is 2. The number of hydrogen-bond donors (Lipinski definition) is 4. The number of rotatable bonds is 6. The van der Waals surface area contributed by atoms with Gasteiger partial charge in [0, 0.05) is 13.0 Å². The van der Waals surface area contributed by atoms with Gasteiger partial charge in [-0.3, -0.25) is 4.79 Å². The average molecular weight is 205 g/mol. The van der Waals surface area contributed by atoms with Crippen LogP contribution in [0.15, 0.2) is 0 Å². The van der Waals surface area contributed by atoms with Crippen LogP contribution in [0.2, 0.25) is 0 Å². The Balaban J connectivity index is 4.02. The minimum Gasteiger partial charge on any atom is -0.480 e. The second kappa shape index (κ2) is 6.33. The van der Waals surface area contributed by atoms with Gasteiger partial charge in [0.2, 0.25) is 5.91 Å². The summed E-state index contributed by atoms with van der Waals surface area (Å²) >= 11 is 0. The van der Waals surface area contributed by atoms with Crippen LogP contribution in [-0.2, 0) is 9.59 Å². The van der Waals surface area contributed by atoms with Crippen molar-refractivity contribution in [3.05, 3.63) is 0 Å². The quantitative estimate of drug-likeness (QED) is 0.431. The van der Waals surface area contributed by atoms with Crippen LogP contribution in [0.1, 0.15) is 19.8 Å². The third-order valence-electron chi connectivity index (χ3n) is 1.53. The minimum absolute atomic E-state index is 0.0408. The van der Waals surface area contributed by atoms with Gasteiger partial charge in [0.25, 0.3) is 0 Å². The van der Waals surface area contributed by atoms with Gasteiger partial charge in [-0.1, -0.05) is 0 Å². The zero-order valence-electron chi connectivity index (χ0n) is 7.93. The molecule has 0 saturated heterocycles. The first kappa shape index (κ1) is 12.9. The topological polar surface area (TPSA) is 107 Å². The van der Waals surface area contributed by atoms with Crippen LogP contribution in [-0.4, -0.2) is 45.9 Å². The van der Waals surface area contributed by atoms with E-state index in [2.05, 4.69) is 5.32 Å². The molecule has 0 saturated carbocycles. The summed E-state index contributed by atoms with van der Waals surface area (Å²) in [6, 6.07) is -1.09. The summed E-state index contributed by atoms with van der Waals surface area (Å²) in [7, 11) is 0. The highest BCUT2D eigenvalue weighted by Crippen LogP contribution is 1.95. The lowest BCUT2D eigenvalue weighted by atomic mass is 10.2. The molecule has 6 heteroatoms. The summed E-state index contributed by atoms with van der Waals surface area (Å²) in [5.74, 6) is -1.74. The first-order valence-corrected chi connectivity index (χ1v) is 4.28. The molecule has 6 nitrogen and oxygen atoms in total. The summed E-state index contributed by atoms with van der Waals surface area (Å²) in [5.41, 5.74) is 0. The Morgan fingerprint density at radius 2 is 2.00 bits per heavy atom. The summed E-state index contributed by atoms with van der Waals surface area (Å²) < 4.78 is 0. The fourth-order valence-corrected chi connectivity index (χ4v) is 0.908. The van der Waals surface area contributed by atoms with E-state index in [4.69, 9.17) is 15.3 Å². The maximum atomic E-state index is 11.0. The van der Waals surface area contributed by atoms with Crippen molar-refractivity contribution in [3.8, 4) is 0 Å². The van der Waals surface area contributed by atoms with Crippen LogP contribution in [0.25, 0.3) is 0 Å². The summed E-state index contributed by atoms with van der Waals surface area (Å²) in [6.07, 6.45) is -0.991. The molecule has 0 aliphatic carbocycles. The maximum absolute atomic E-state index is 11.0. The fourth-order valence-electron chi connectivity index (χ4n) is 0.908. The SMILES string of the molecule is CC(O)CC(=O)N[C@@H](CCO)C(=O)O. The predicted molar refractivity (Wildman–Crippen MR) is 47.6 cm³/mol. The van der Waals surface area contributed by atoms with E-state index in [1.807, 2.05) is 0 Å². The van der Waals surface area contributed by atoms with Crippen molar-refractivity contribution in [2.75, 3.05) is 6.61 Å².